The van der Waals surface area contributed by atoms with E-state index in [2.05, 4.69) is 29.4 Å². The minimum absolute atomic E-state index is 0.609. The van der Waals surface area contributed by atoms with Crippen molar-refractivity contribution < 1.29 is 0 Å². The van der Waals surface area contributed by atoms with Crippen LogP contribution in [0.15, 0.2) is 12.1 Å². The largest absolute Gasteiger partial charge is 0.366 e. The Morgan fingerprint density at radius 2 is 2.27 bits per heavy atom. The Hall–Kier alpha value is -0.700. The van der Waals surface area contributed by atoms with Gasteiger partial charge in [0.15, 0.2) is 0 Å². The van der Waals surface area contributed by atoms with Gasteiger partial charge >= 0.3 is 0 Å². The minimum Gasteiger partial charge on any atom is -0.366 e. The van der Waals surface area contributed by atoms with Crippen LogP contribution in [0, 0.1) is 13.8 Å². The molecule has 1 fully saturated rings. The predicted octanol–water partition coefficient (Wildman–Crippen LogP) is 3.01. The van der Waals surface area contributed by atoms with Gasteiger partial charge in [0.25, 0.3) is 0 Å². The van der Waals surface area contributed by atoms with Gasteiger partial charge in [0, 0.05) is 17.5 Å². The topological polar surface area (TPSA) is 24.9 Å². The maximum Gasteiger partial charge on any atom is 0.126 e. The van der Waals surface area contributed by atoms with Gasteiger partial charge in [-0.15, -0.1) is 0 Å². The van der Waals surface area contributed by atoms with Gasteiger partial charge in [-0.05, 0) is 50.1 Å². The number of aromatic nitrogens is 1. The molecule has 1 unspecified atom stereocenters. The first kappa shape index (κ1) is 10.8. The van der Waals surface area contributed by atoms with E-state index in [1.54, 1.807) is 0 Å². The predicted molar refractivity (Wildman–Crippen MR) is 67.7 cm³/mol. The molecule has 0 saturated carbocycles. The van der Waals surface area contributed by atoms with Crippen LogP contribution >= 0.6 is 11.8 Å². The Kier molecular flexibility index (Phi) is 3.52. The first-order valence-electron chi connectivity index (χ1n) is 5.53. The van der Waals surface area contributed by atoms with Gasteiger partial charge in [-0.2, -0.15) is 11.8 Å². The van der Waals surface area contributed by atoms with E-state index in [1.165, 1.54) is 29.9 Å². The average molecular weight is 222 g/mol. The molecule has 3 heteroatoms. The molecule has 2 rings (SSSR count). The van der Waals surface area contributed by atoms with Crippen molar-refractivity contribution in [3.05, 3.63) is 23.4 Å². The van der Waals surface area contributed by atoms with E-state index in [-0.39, 0.29) is 0 Å². The zero-order valence-electron chi connectivity index (χ0n) is 9.42. The van der Waals surface area contributed by atoms with Crippen molar-refractivity contribution in [2.75, 3.05) is 16.8 Å². The highest BCUT2D eigenvalue weighted by Crippen LogP contribution is 2.20. The summed E-state index contributed by atoms with van der Waals surface area (Å²) in [5.74, 6) is 3.58. The second-order valence-electron chi connectivity index (χ2n) is 4.23. The van der Waals surface area contributed by atoms with Gasteiger partial charge in [-0.25, -0.2) is 4.98 Å². The third kappa shape index (κ3) is 3.13. The maximum atomic E-state index is 4.51. The Balaban J connectivity index is 2.02. The van der Waals surface area contributed by atoms with Crippen LogP contribution in [0.4, 0.5) is 5.82 Å². The van der Waals surface area contributed by atoms with Crippen LogP contribution in [0.2, 0.25) is 0 Å². The van der Waals surface area contributed by atoms with E-state index in [4.69, 9.17) is 0 Å². The van der Waals surface area contributed by atoms with Crippen LogP contribution in [0.1, 0.15) is 24.1 Å². The molecule has 2 heterocycles. The molecular formula is C12H18N2S. The van der Waals surface area contributed by atoms with Crippen LogP contribution in [0.3, 0.4) is 0 Å². The van der Waals surface area contributed by atoms with Gasteiger partial charge < -0.3 is 5.32 Å². The van der Waals surface area contributed by atoms with Gasteiger partial charge in [-0.1, -0.05) is 0 Å². The van der Waals surface area contributed by atoms with Crippen molar-refractivity contribution in [2.24, 2.45) is 0 Å². The fraction of sp³-hybridized carbons (Fsp3) is 0.583. The summed E-state index contributed by atoms with van der Waals surface area (Å²) < 4.78 is 0. The highest BCUT2D eigenvalue weighted by Gasteiger charge is 2.13. The number of anilines is 1. The van der Waals surface area contributed by atoms with E-state index >= 15 is 0 Å². The lowest BCUT2D eigenvalue weighted by Crippen LogP contribution is -2.26. The second-order valence-corrected chi connectivity index (χ2v) is 5.38. The molecule has 0 aromatic carbocycles. The van der Waals surface area contributed by atoms with Crippen molar-refractivity contribution in [1.29, 1.82) is 0 Å². The maximum absolute atomic E-state index is 4.51. The van der Waals surface area contributed by atoms with E-state index in [0.717, 1.165) is 11.5 Å². The van der Waals surface area contributed by atoms with Crippen molar-refractivity contribution in [2.45, 2.75) is 32.7 Å². The van der Waals surface area contributed by atoms with Crippen molar-refractivity contribution in [3.8, 4) is 0 Å². The molecule has 0 radical (unpaired) electrons. The van der Waals surface area contributed by atoms with Crippen LogP contribution in [-0.2, 0) is 0 Å². The second kappa shape index (κ2) is 4.88. The lowest BCUT2D eigenvalue weighted by atomic mass is 10.2. The molecule has 15 heavy (non-hydrogen) atoms. The molecule has 2 nitrogen and oxygen atoms in total. The average Bonchev–Trinajstić information content (AvgIpc) is 2.17. The fourth-order valence-corrected chi connectivity index (χ4v) is 3.05. The quantitative estimate of drug-likeness (QED) is 0.832. The molecule has 1 atom stereocenters. The van der Waals surface area contributed by atoms with Crippen molar-refractivity contribution in [1.82, 2.24) is 4.98 Å². The molecule has 0 spiro atoms. The van der Waals surface area contributed by atoms with Crippen LogP contribution < -0.4 is 5.32 Å². The van der Waals surface area contributed by atoms with E-state index < -0.39 is 0 Å². The smallest absolute Gasteiger partial charge is 0.126 e. The molecule has 1 aromatic heterocycles. The molecule has 1 N–H and O–H groups in total. The highest BCUT2D eigenvalue weighted by molar-refractivity contribution is 7.99. The molecule has 0 bridgehead atoms. The molecule has 0 amide bonds. The number of nitrogens with zero attached hydrogens (tertiary/aromatic N) is 1. The first-order chi connectivity index (χ1) is 7.24. The number of hydrogen-bond donors (Lipinski definition) is 1. The standard InChI is InChI=1S/C12H18N2S/c1-9-6-10(2)13-12(7-9)14-11-4-3-5-15-8-11/h6-7,11H,3-5,8H2,1-2H3,(H,13,14). The Bertz CT molecular complexity index is 312. The summed E-state index contributed by atoms with van der Waals surface area (Å²) in [6.45, 7) is 4.17. The Morgan fingerprint density at radius 3 is 2.93 bits per heavy atom. The van der Waals surface area contributed by atoms with Gasteiger partial charge in [0.2, 0.25) is 0 Å². The lowest BCUT2D eigenvalue weighted by molar-refractivity contribution is 0.682. The Labute approximate surface area is 95.9 Å². The number of pyridine rings is 1. The molecule has 0 aliphatic carbocycles. The number of hydrogen-bond acceptors (Lipinski definition) is 3. The molecule has 1 aliphatic rings. The first-order valence-corrected chi connectivity index (χ1v) is 6.69. The summed E-state index contributed by atoms with van der Waals surface area (Å²) in [4.78, 5) is 4.51. The number of aryl methyl sites for hydroxylation is 2. The zero-order chi connectivity index (χ0) is 10.7. The molecule has 1 aliphatic heterocycles. The van der Waals surface area contributed by atoms with Crippen molar-refractivity contribution >= 4 is 17.6 Å². The number of rotatable bonds is 2. The summed E-state index contributed by atoms with van der Waals surface area (Å²) in [5, 5.41) is 3.53. The Morgan fingerprint density at radius 1 is 1.40 bits per heavy atom. The molecule has 82 valence electrons. The van der Waals surface area contributed by atoms with E-state index in [0.29, 0.717) is 6.04 Å². The van der Waals surface area contributed by atoms with Crippen molar-refractivity contribution in [3.63, 3.8) is 0 Å². The van der Waals surface area contributed by atoms with Crippen LogP contribution in [-0.4, -0.2) is 22.5 Å². The molecule has 1 aromatic rings. The summed E-state index contributed by atoms with van der Waals surface area (Å²) in [6, 6.07) is 4.85. The van der Waals surface area contributed by atoms with Gasteiger partial charge in [0.05, 0.1) is 0 Å². The summed E-state index contributed by atoms with van der Waals surface area (Å²) in [7, 11) is 0. The van der Waals surface area contributed by atoms with E-state index in [9.17, 15) is 0 Å². The summed E-state index contributed by atoms with van der Waals surface area (Å²) in [5.41, 5.74) is 2.38. The minimum atomic E-state index is 0.609. The molecule has 1 saturated heterocycles. The monoisotopic (exact) mass is 222 g/mol. The lowest BCUT2D eigenvalue weighted by Gasteiger charge is -2.23. The number of nitrogens with one attached hydrogen (secondary N) is 1. The van der Waals surface area contributed by atoms with Gasteiger partial charge in [0.1, 0.15) is 5.82 Å². The summed E-state index contributed by atoms with van der Waals surface area (Å²) in [6.07, 6.45) is 2.61. The van der Waals surface area contributed by atoms with Gasteiger partial charge in [-0.3, -0.25) is 0 Å². The third-order valence-electron chi connectivity index (χ3n) is 2.61. The van der Waals surface area contributed by atoms with Crippen LogP contribution in [0.5, 0.6) is 0 Å². The number of thioether (sulfide) groups is 1. The van der Waals surface area contributed by atoms with Crippen LogP contribution in [0.25, 0.3) is 0 Å². The molecular weight excluding hydrogens is 204 g/mol. The van der Waals surface area contributed by atoms with E-state index in [1.807, 2.05) is 18.7 Å². The normalized spacial score (nSPS) is 21.3. The summed E-state index contributed by atoms with van der Waals surface area (Å²) >= 11 is 2.04. The fourth-order valence-electron chi connectivity index (χ4n) is 1.98. The zero-order valence-corrected chi connectivity index (χ0v) is 10.2. The third-order valence-corrected chi connectivity index (χ3v) is 3.83. The highest BCUT2D eigenvalue weighted by atomic mass is 32.2. The SMILES string of the molecule is Cc1cc(C)nc(NC2CCCSC2)c1.